The number of benzene rings is 3. The minimum atomic E-state index is -4.19. The van der Waals surface area contributed by atoms with E-state index in [0.29, 0.717) is 21.4 Å². The molecule has 1 aliphatic heterocycles. The highest BCUT2D eigenvalue weighted by atomic mass is 79.9. The van der Waals surface area contributed by atoms with Crippen LogP contribution in [0.4, 0.5) is 4.79 Å². The molecular weight excluding hydrogens is 641 g/mol. The first-order valence-corrected chi connectivity index (χ1v) is 14.6. The minimum Gasteiger partial charge on any atom is -0.493 e. The Morgan fingerprint density at radius 2 is 1.63 bits per heavy atom. The van der Waals surface area contributed by atoms with Crippen molar-refractivity contribution in [2.75, 3.05) is 20.3 Å². The van der Waals surface area contributed by atoms with Crippen LogP contribution in [0, 0.1) is 0 Å². The van der Waals surface area contributed by atoms with Crippen molar-refractivity contribution in [3.63, 3.8) is 0 Å². The lowest BCUT2D eigenvalue weighted by molar-refractivity contribution is -0.123. The molecule has 0 bridgehead atoms. The predicted molar refractivity (Wildman–Crippen MR) is 150 cm³/mol. The molecule has 0 N–H and O–H groups in total. The zero-order valence-corrected chi connectivity index (χ0v) is 24.3. The van der Waals surface area contributed by atoms with Gasteiger partial charge in [0.1, 0.15) is 17.3 Å². The summed E-state index contributed by atoms with van der Waals surface area (Å²) in [7, 11) is -2.84. The van der Waals surface area contributed by atoms with Crippen molar-refractivity contribution >= 4 is 78.2 Å². The van der Waals surface area contributed by atoms with Crippen LogP contribution in [-0.4, -0.2) is 44.7 Å². The van der Waals surface area contributed by atoms with Gasteiger partial charge in [0.25, 0.3) is 11.1 Å². The van der Waals surface area contributed by atoms with E-state index >= 15 is 0 Å². The fourth-order valence-corrected chi connectivity index (χ4v) is 6.01. The van der Waals surface area contributed by atoms with E-state index in [1.54, 1.807) is 30.3 Å². The Balaban J connectivity index is 1.49. The van der Waals surface area contributed by atoms with E-state index in [4.69, 9.17) is 36.9 Å². The average Bonchev–Trinajstić information content (AvgIpc) is 3.14. The van der Waals surface area contributed by atoms with E-state index in [-0.39, 0.29) is 38.9 Å². The minimum absolute atomic E-state index is 0.0625. The van der Waals surface area contributed by atoms with E-state index in [1.807, 2.05) is 0 Å². The monoisotopic (exact) mass is 657 g/mol. The summed E-state index contributed by atoms with van der Waals surface area (Å²) in [5.74, 6) is 0.112. The molecule has 198 valence electrons. The second-order valence-electron chi connectivity index (χ2n) is 7.66. The third-order valence-corrected chi connectivity index (χ3v) is 8.35. The van der Waals surface area contributed by atoms with Crippen molar-refractivity contribution in [1.29, 1.82) is 0 Å². The van der Waals surface area contributed by atoms with Gasteiger partial charge in [0.15, 0.2) is 11.5 Å². The van der Waals surface area contributed by atoms with Gasteiger partial charge < -0.3 is 13.7 Å². The first-order valence-electron chi connectivity index (χ1n) is 10.8. The molecule has 0 unspecified atom stereocenters. The number of carbonyl (C=O) groups is 2. The number of rotatable bonds is 9. The summed E-state index contributed by atoms with van der Waals surface area (Å²) in [4.78, 5) is 26.5. The zero-order valence-electron chi connectivity index (χ0n) is 19.5. The van der Waals surface area contributed by atoms with Crippen LogP contribution in [0.1, 0.15) is 5.56 Å². The van der Waals surface area contributed by atoms with Crippen LogP contribution in [0.3, 0.4) is 0 Å². The summed E-state index contributed by atoms with van der Waals surface area (Å²) in [5.41, 5.74) is 0.480. The number of amides is 2. The highest BCUT2D eigenvalue weighted by molar-refractivity contribution is 9.10. The van der Waals surface area contributed by atoms with Gasteiger partial charge in [-0.3, -0.25) is 14.5 Å². The third-order valence-electron chi connectivity index (χ3n) is 5.12. The number of hydrogen-bond acceptors (Lipinski definition) is 8. The number of ether oxygens (including phenoxy) is 2. The molecule has 38 heavy (non-hydrogen) atoms. The van der Waals surface area contributed by atoms with Crippen LogP contribution in [0.15, 0.2) is 74.9 Å². The van der Waals surface area contributed by atoms with Crippen LogP contribution >= 0.6 is 50.9 Å². The molecule has 0 aromatic heterocycles. The molecule has 2 amide bonds. The van der Waals surface area contributed by atoms with E-state index in [0.717, 1.165) is 16.7 Å². The van der Waals surface area contributed by atoms with Gasteiger partial charge >= 0.3 is 10.1 Å². The van der Waals surface area contributed by atoms with Crippen molar-refractivity contribution in [2.24, 2.45) is 0 Å². The molecule has 3 aromatic rings. The maximum Gasteiger partial charge on any atom is 0.339 e. The van der Waals surface area contributed by atoms with Crippen LogP contribution in [0.2, 0.25) is 10.0 Å². The van der Waals surface area contributed by atoms with Gasteiger partial charge in [-0.2, -0.15) is 8.42 Å². The summed E-state index contributed by atoms with van der Waals surface area (Å²) < 4.78 is 42.0. The fourth-order valence-electron chi connectivity index (χ4n) is 3.29. The van der Waals surface area contributed by atoms with Crippen molar-refractivity contribution < 1.29 is 31.7 Å². The molecule has 1 fully saturated rings. The lowest BCUT2D eigenvalue weighted by Gasteiger charge is -2.14. The molecule has 0 saturated carbocycles. The van der Waals surface area contributed by atoms with Crippen LogP contribution in [0.5, 0.6) is 17.2 Å². The number of thioether (sulfide) groups is 1. The molecule has 1 saturated heterocycles. The van der Waals surface area contributed by atoms with Crippen LogP contribution < -0.4 is 13.7 Å². The molecular formula is C25H18BrCl2NO7S2. The molecule has 4 rings (SSSR count). The summed E-state index contributed by atoms with van der Waals surface area (Å²) in [6.45, 7) is 0.174. The van der Waals surface area contributed by atoms with Crippen molar-refractivity contribution in [3.8, 4) is 17.2 Å². The number of methoxy groups -OCH3 is 1. The molecule has 1 aliphatic rings. The highest BCUT2D eigenvalue weighted by Crippen LogP contribution is 2.40. The van der Waals surface area contributed by atoms with Gasteiger partial charge in [0.2, 0.25) is 0 Å². The van der Waals surface area contributed by atoms with Crippen molar-refractivity contribution in [1.82, 2.24) is 4.90 Å². The summed E-state index contributed by atoms with van der Waals surface area (Å²) in [5, 5.41) is 0.519. The fraction of sp³-hybridized carbons (Fsp3) is 0.120. The largest absolute Gasteiger partial charge is 0.493 e. The number of imide groups is 1. The summed E-state index contributed by atoms with van der Waals surface area (Å²) in [6.07, 6.45) is 1.51. The molecule has 1 heterocycles. The number of nitrogens with zero attached hydrogens (tertiary/aromatic N) is 1. The molecule has 0 radical (unpaired) electrons. The molecule has 0 spiro atoms. The maximum atomic E-state index is 12.9. The first-order chi connectivity index (χ1) is 18.1. The topological polar surface area (TPSA) is 99.2 Å². The Kier molecular flexibility index (Phi) is 8.94. The zero-order chi connectivity index (χ0) is 27.4. The van der Waals surface area contributed by atoms with Crippen molar-refractivity contribution in [3.05, 3.63) is 85.7 Å². The number of carbonyl (C=O) groups excluding carboxylic acids is 2. The van der Waals surface area contributed by atoms with Crippen molar-refractivity contribution in [2.45, 2.75) is 4.90 Å². The van der Waals surface area contributed by atoms with E-state index in [1.165, 1.54) is 43.5 Å². The predicted octanol–water partition coefficient (Wildman–Crippen LogP) is 6.65. The Morgan fingerprint density at radius 1 is 1.00 bits per heavy atom. The molecule has 8 nitrogen and oxygen atoms in total. The van der Waals surface area contributed by atoms with Gasteiger partial charge in [0.05, 0.1) is 23.0 Å². The molecule has 0 atom stereocenters. The summed E-state index contributed by atoms with van der Waals surface area (Å²) in [6, 6.07) is 15.3. The first kappa shape index (κ1) is 28.3. The SMILES string of the molecule is COc1cc(/C=C2\SC(=O)N(CCOc3ccc(Cl)cc3)C2=O)cc(Br)c1OS(=O)(=O)c1ccc(Cl)cc1. The average molecular weight is 659 g/mol. The molecule has 0 aliphatic carbocycles. The van der Waals surface area contributed by atoms with E-state index < -0.39 is 21.3 Å². The Labute approximate surface area is 241 Å². The van der Waals surface area contributed by atoms with Gasteiger partial charge in [-0.25, -0.2) is 0 Å². The van der Waals surface area contributed by atoms with Crippen LogP contribution in [-0.2, 0) is 14.9 Å². The highest BCUT2D eigenvalue weighted by Gasteiger charge is 2.35. The quantitative estimate of drug-likeness (QED) is 0.186. The van der Waals surface area contributed by atoms with Gasteiger partial charge in [-0.05, 0) is 100.0 Å². The molecule has 3 aromatic carbocycles. The second-order valence-corrected chi connectivity index (χ2v) is 11.9. The van der Waals surface area contributed by atoms with Gasteiger partial charge in [-0.15, -0.1) is 0 Å². The van der Waals surface area contributed by atoms with E-state index in [2.05, 4.69) is 15.9 Å². The smallest absolute Gasteiger partial charge is 0.339 e. The standard InChI is InChI=1S/C25H18BrCl2NO7S2/c1-34-21-13-15(12-20(26)23(21)36-38(32,33)19-8-4-17(28)5-9-19)14-22-24(30)29(25(31)37-22)10-11-35-18-6-2-16(27)3-7-18/h2-9,12-14H,10-11H2,1H3/b22-14-. The second kappa shape index (κ2) is 12.0. The maximum absolute atomic E-state index is 12.9. The lowest BCUT2D eigenvalue weighted by Crippen LogP contribution is -2.32. The Bertz CT molecular complexity index is 1510. The van der Waals surface area contributed by atoms with Crippen LogP contribution in [0.25, 0.3) is 6.08 Å². The Morgan fingerprint density at radius 3 is 2.26 bits per heavy atom. The van der Waals surface area contributed by atoms with E-state index in [9.17, 15) is 18.0 Å². The normalized spacial score (nSPS) is 14.7. The summed E-state index contributed by atoms with van der Waals surface area (Å²) >= 11 is 15.8. The number of halogens is 3. The number of hydrogen-bond donors (Lipinski definition) is 0. The Hall–Kier alpha value is -2.70. The van der Waals surface area contributed by atoms with Gasteiger partial charge in [0, 0.05) is 10.0 Å². The molecule has 13 heteroatoms. The lowest BCUT2D eigenvalue weighted by atomic mass is 10.2. The third kappa shape index (κ3) is 6.65. The van der Waals surface area contributed by atoms with Gasteiger partial charge in [-0.1, -0.05) is 23.2 Å².